The van der Waals surface area contributed by atoms with Gasteiger partial charge in [-0.3, -0.25) is 4.79 Å². The number of hydrogen-bond acceptors (Lipinski definition) is 10. The van der Waals surface area contributed by atoms with E-state index in [4.69, 9.17) is 19.9 Å². The van der Waals surface area contributed by atoms with E-state index in [0.29, 0.717) is 30.0 Å². The molecule has 0 fully saturated rings. The van der Waals surface area contributed by atoms with Crippen molar-refractivity contribution in [2.45, 2.75) is 56.5 Å². The van der Waals surface area contributed by atoms with Gasteiger partial charge in [0, 0.05) is 11.3 Å². The fourth-order valence-corrected chi connectivity index (χ4v) is 7.45. The molecular formula is C42H51N3O8S2. The molecule has 0 aliphatic rings. The number of aliphatic carboxylic acids is 1. The number of carboxylic acid groups (broad SMARTS) is 1. The first-order valence-corrected chi connectivity index (χ1v) is 20.1. The molecule has 0 spiro atoms. The van der Waals surface area contributed by atoms with Crippen LogP contribution in [0, 0.1) is 0 Å². The predicted molar refractivity (Wildman–Crippen MR) is 221 cm³/mol. The van der Waals surface area contributed by atoms with Crippen molar-refractivity contribution in [1.29, 1.82) is 0 Å². The second-order valence-electron chi connectivity index (χ2n) is 13.1. The molecule has 0 aromatic heterocycles. The fourth-order valence-electron chi connectivity index (χ4n) is 5.43. The van der Waals surface area contributed by atoms with Crippen molar-refractivity contribution in [2.24, 2.45) is 0 Å². The van der Waals surface area contributed by atoms with E-state index < -0.39 is 40.5 Å². The third-order valence-electron chi connectivity index (χ3n) is 7.97. The molecule has 0 bridgehead atoms. The van der Waals surface area contributed by atoms with Gasteiger partial charge in [0.05, 0.1) is 24.2 Å². The Labute approximate surface area is 332 Å². The number of alkyl carbamates (subject to hydrolysis) is 1. The number of thioether (sulfide) groups is 2. The molecule has 4 aromatic carbocycles. The molecule has 0 heterocycles. The van der Waals surface area contributed by atoms with Crippen molar-refractivity contribution >= 4 is 53.2 Å². The van der Waals surface area contributed by atoms with E-state index in [0.717, 1.165) is 22.4 Å². The van der Waals surface area contributed by atoms with Crippen LogP contribution >= 0.6 is 23.5 Å². The molecule has 0 aliphatic carbocycles. The fraction of sp³-hybridized carbons (Fsp3) is 0.333. The van der Waals surface area contributed by atoms with Crippen LogP contribution in [0.2, 0.25) is 0 Å². The summed E-state index contributed by atoms with van der Waals surface area (Å²) >= 11 is 3.07. The molecule has 4 rings (SSSR count). The lowest BCUT2D eigenvalue weighted by atomic mass is 9.84. The summed E-state index contributed by atoms with van der Waals surface area (Å²) in [6.45, 7) is 7.50. The molecule has 294 valence electrons. The third-order valence-corrected chi connectivity index (χ3v) is 10.3. The van der Waals surface area contributed by atoms with Crippen molar-refractivity contribution < 1.29 is 38.5 Å². The summed E-state index contributed by atoms with van der Waals surface area (Å²) in [7, 11) is 1.30. The van der Waals surface area contributed by atoms with Gasteiger partial charge in [0.25, 0.3) is 5.91 Å². The zero-order chi connectivity index (χ0) is 40.4. The molecule has 0 unspecified atom stereocenters. The van der Waals surface area contributed by atoms with Crippen molar-refractivity contribution in [2.75, 3.05) is 37.2 Å². The second-order valence-corrected chi connectivity index (χ2v) is 15.4. The number of hydrogen-bond donors (Lipinski definition) is 4. The number of ether oxygens (including phenoxy) is 3. The Kier molecular flexibility index (Phi) is 17.4. The second kappa shape index (κ2) is 21.7. The molecule has 0 saturated carbocycles. The molecule has 13 heteroatoms. The lowest BCUT2D eigenvalue weighted by Gasteiger charge is -2.36. The maximum Gasteiger partial charge on any atom is 0.408 e. The number of rotatable bonds is 16. The van der Waals surface area contributed by atoms with Crippen LogP contribution in [0.3, 0.4) is 0 Å². The van der Waals surface area contributed by atoms with E-state index in [2.05, 4.69) is 10.6 Å². The van der Waals surface area contributed by atoms with Gasteiger partial charge >= 0.3 is 18.0 Å². The van der Waals surface area contributed by atoms with E-state index in [1.807, 2.05) is 104 Å². The molecular weight excluding hydrogens is 739 g/mol. The number of methoxy groups -OCH3 is 1. The number of nitrogen functional groups attached to an aromatic ring is 1. The van der Waals surface area contributed by atoms with E-state index in [1.54, 1.807) is 50.7 Å². The summed E-state index contributed by atoms with van der Waals surface area (Å²) in [5.41, 5.74) is 8.97. The lowest BCUT2D eigenvalue weighted by Crippen LogP contribution is -2.45. The molecule has 0 saturated heterocycles. The molecule has 2 amide bonds. The minimum Gasteiger partial charge on any atom is -0.492 e. The minimum absolute atomic E-state index is 0.132. The van der Waals surface area contributed by atoms with Crippen LogP contribution in [0.4, 0.5) is 10.5 Å². The monoisotopic (exact) mass is 789 g/mol. The normalized spacial score (nSPS) is 12.2. The van der Waals surface area contributed by atoms with Crippen LogP contribution in [-0.4, -0.2) is 78.2 Å². The van der Waals surface area contributed by atoms with Gasteiger partial charge in [-0.2, -0.15) is 11.8 Å². The van der Waals surface area contributed by atoms with Gasteiger partial charge in [-0.1, -0.05) is 91.0 Å². The standard InChI is InChI=1S/C27H29NO4S.C15H22N2O4S/c1-26(2,3)32-25(31)28-23(24(29)30)19-33-27(20-13-7-4-8-14-20,21-15-9-5-10-16-21)22-17-11-6-12-18-22;1-4-21-13-9-10(5-6-11(13)16)14(18)17-12(7-8-22-3)15(19)20-2/h4-18,23H,19H2,1-3H3,(H,28,31)(H,29,30);5-6,9,12H,4,7-8,16H2,1-3H3,(H,17,18)/t23-;12-/m00/s1. The van der Waals surface area contributed by atoms with Crippen molar-refractivity contribution in [3.63, 3.8) is 0 Å². The summed E-state index contributed by atoms with van der Waals surface area (Å²) < 4.78 is 14.7. The number of anilines is 1. The molecule has 55 heavy (non-hydrogen) atoms. The zero-order valence-corrected chi connectivity index (χ0v) is 33.7. The molecule has 5 N–H and O–H groups in total. The minimum atomic E-state index is -1.12. The quantitative estimate of drug-likeness (QED) is 0.0508. The molecule has 0 radical (unpaired) electrons. The SMILES string of the molecule is CC(C)(C)OC(=O)N[C@@H](CSC(c1ccccc1)(c1ccccc1)c1ccccc1)C(=O)O.CCOc1cc(C(=O)N[C@@H](CCSC)C(=O)OC)ccc1N. The zero-order valence-electron chi connectivity index (χ0n) is 32.1. The first kappa shape index (κ1) is 44.3. The smallest absolute Gasteiger partial charge is 0.408 e. The molecule has 0 aliphatic heterocycles. The van der Waals surface area contributed by atoms with E-state index in [9.17, 15) is 24.3 Å². The number of esters is 1. The molecule has 11 nitrogen and oxygen atoms in total. The predicted octanol–water partition coefficient (Wildman–Crippen LogP) is 7.38. The van der Waals surface area contributed by atoms with Crippen LogP contribution in [0.25, 0.3) is 0 Å². The highest BCUT2D eigenvalue weighted by molar-refractivity contribution is 8.00. The number of benzene rings is 4. The average molecular weight is 790 g/mol. The summed E-state index contributed by atoms with van der Waals surface area (Å²) in [4.78, 5) is 48.3. The van der Waals surface area contributed by atoms with Gasteiger partial charge in [0.2, 0.25) is 0 Å². The third kappa shape index (κ3) is 13.3. The van der Waals surface area contributed by atoms with Gasteiger partial charge in [-0.25, -0.2) is 14.4 Å². The first-order chi connectivity index (χ1) is 26.2. The van der Waals surface area contributed by atoms with Crippen molar-refractivity contribution in [3.05, 3.63) is 131 Å². The Morgan fingerprint density at radius 2 is 1.33 bits per heavy atom. The molecule has 4 aromatic rings. The highest BCUT2D eigenvalue weighted by atomic mass is 32.2. The maximum absolute atomic E-state index is 12.3. The van der Waals surface area contributed by atoms with Gasteiger partial charge in [0.1, 0.15) is 23.4 Å². The number of amides is 2. The van der Waals surface area contributed by atoms with Crippen LogP contribution in [0.1, 0.15) is 61.2 Å². The summed E-state index contributed by atoms with van der Waals surface area (Å²) in [6, 6.07) is 33.0. The number of carbonyl (C=O) groups excluding carboxylic acids is 3. The van der Waals surface area contributed by atoms with Crippen LogP contribution in [0.15, 0.2) is 109 Å². The lowest BCUT2D eigenvalue weighted by molar-refractivity contribution is -0.143. The number of carbonyl (C=O) groups is 4. The van der Waals surface area contributed by atoms with E-state index in [1.165, 1.54) is 18.9 Å². The number of nitrogens with two attached hydrogens (primary N) is 1. The van der Waals surface area contributed by atoms with Crippen LogP contribution in [0.5, 0.6) is 5.75 Å². The van der Waals surface area contributed by atoms with Gasteiger partial charge < -0.3 is 35.7 Å². The van der Waals surface area contributed by atoms with Crippen LogP contribution in [-0.2, 0) is 23.8 Å². The van der Waals surface area contributed by atoms with Gasteiger partial charge in [0.15, 0.2) is 0 Å². The first-order valence-electron chi connectivity index (χ1n) is 17.7. The Morgan fingerprint density at radius 3 is 1.76 bits per heavy atom. The summed E-state index contributed by atoms with van der Waals surface area (Å²) in [5.74, 6) is -0.607. The molecule has 2 atom stereocenters. The van der Waals surface area contributed by atoms with E-state index in [-0.39, 0.29) is 11.7 Å². The van der Waals surface area contributed by atoms with Gasteiger partial charge in [-0.05, 0) is 81.0 Å². The number of nitrogens with one attached hydrogen (secondary N) is 2. The van der Waals surface area contributed by atoms with E-state index >= 15 is 0 Å². The summed E-state index contributed by atoms with van der Waals surface area (Å²) in [5, 5.41) is 15.0. The van der Waals surface area contributed by atoms with Crippen LogP contribution < -0.4 is 21.1 Å². The number of carboxylic acids is 1. The Bertz CT molecular complexity index is 1730. The Hall–Kier alpha value is -5.14. The highest BCUT2D eigenvalue weighted by Crippen LogP contribution is 2.48. The topological polar surface area (TPSA) is 166 Å². The Morgan fingerprint density at radius 1 is 0.800 bits per heavy atom. The average Bonchev–Trinajstić information content (AvgIpc) is 3.17. The summed E-state index contributed by atoms with van der Waals surface area (Å²) in [6.07, 6.45) is 1.69. The Balaban J connectivity index is 0.000000322. The largest absolute Gasteiger partial charge is 0.492 e. The van der Waals surface area contributed by atoms with Crippen molar-refractivity contribution in [1.82, 2.24) is 10.6 Å². The van der Waals surface area contributed by atoms with Crippen molar-refractivity contribution in [3.8, 4) is 5.75 Å². The maximum atomic E-state index is 12.3. The highest BCUT2D eigenvalue weighted by Gasteiger charge is 2.39. The van der Waals surface area contributed by atoms with Gasteiger partial charge in [-0.15, -0.1) is 11.8 Å².